The number of Topliss-reactive ketones (excluding diaryl/α,β-unsaturated/α-hetero) is 1. The molecule has 0 unspecified atom stereocenters. The molecule has 1 heterocycles. The van der Waals surface area contributed by atoms with Crippen LogP contribution in [0.15, 0.2) is 43.2 Å². The Morgan fingerprint density at radius 1 is 1.29 bits per heavy atom. The van der Waals surface area contributed by atoms with Gasteiger partial charge in [0.1, 0.15) is 0 Å². The lowest BCUT2D eigenvalue weighted by Gasteiger charge is -2.03. The zero-order valence-corrected chi connectivity index (χ0v) is 9.60. The summed E-state index contributed by atoms with van der Waals surface area (Å²) in [5.41, 5.74) is 2.13. The van der Waals surface area contributed by atoms with Gasteiger partial charge in [-0.25, -0.2) is 0 Å². The maximum absolute atomic E-state index is 12.0. The van der Waals surface area contributed by atoms with E-state index >= 15 is 0 Å². The molecule has 0 bridgehead atoms. The predicted molar refractivity (Wildman–Crippen MR) is 67.9 cm³/mol. The smallest absolute Gasteiger partial charge is 0.165 e. The van der Waals surface area contributed by atoms with Crippen LogP contribution in [0.2, 0.25) is 0 Å². The van der Waals surface area contributed by atoms with Crippen LogP contribution < -0.4 is 0 Å². The fourth-order valence-corrected chi connectivity index (χ4v) is 1.76. The highest BCUT2D eigenvalue weighted by Crippen LogP contribution is 2.16. The molecule has 0 fully saturated rings. The van der Waals surface area contributed by atoms with Crippen molar-refractivity contribution in [1.29, 1.82) is 0 Å². The van der Waals surface area contributed by atoms with Gasteiger partial charge >= 0.3 is 0 Å². The summed E-state index contributed by atoms with van der Waals surface area (Å²) in [5, 5.41) is 0. The molecule has 0 saturated heterocycles. The van der Waals surface area contributed by atoms with E-state index < -0.39 is 0 Å². The molecular weight excluding hydrogens is 212 g/mol. The average molecular weight is 226 g/mol. The largest absolute Gasteiger partial charge is 0.294 e. The van der Waals surface area contributed by atoms with Crippen molar-refractivity contribution >= 4 is 16.8 Å². The lowest BCUT2D eigenvalue weighted by atomic mass is 10.0. The first-order chi connectivity index (χ1) is 8.33. The third-order valence-electron chi connectivity index (χ3n) is 2.61. The van der Waals surface area contributed by atoms with E-state index in [0.29, 0.717) is 17.5 Å². The van der Waals surface area contributed by atoms with Gasteiger partial charge in [0.25, 0.3) is 0 Å². The molecular formula is C14H14N2O. The highest BCUT2D eigenvalue weighted by atomic mass is 16.1. The van der Waals surface area contributed by atoms with Gasteiger partial charge in [-0.3, -0.25) is 14.8 Å². The first kappa shape index (κ1) is 11.5. The zero-order chi connectivity index (χ0) is 12.1. The van der Waals surface area contributed by atoms with Crippen molar-refractivity contribution in [2.24, 2.45) is 0 Å². The summed E-state index contributed by atoms with van der Waals surface area (Å²) in [6.45, 7) is 3.65. The molecule has 0 saturated carbocycles. The number of carbonyl (C=O) groups excluding carboxylic acids is 1. The van der Waals surface area contributed by atoms with Crippen molar-refractivity contribution in [2.45, 2.75) is 19.3 Å². The molecule has 3 heteroatoms. The fourth-order valence-electron chi connectivity index (χ4n) is 1.76. The Bertz CT molecular complexity index is 543. The van der Waals surface area contributed by atoms with Gasteiger partial charge < -0.3 is 0 Å². The molecule has 1 aromatic heterocycles. The molecule has 0 spiro atoms. The lowest BCUT2D eigenvalue weighted by Crippen LogP contribution is -2.01. The number of allylic oxidation sites excluding steroid dienone is 1. The minimum atomic E-state index is 0.123. The molecule has 2 rings (SSSR count). The first-order valence-corrected chi connectivity index (χ1v) is 5.67. The Kier molecular flexibility index (Phi) is 3.60. The van der Waals surface area contributed by atoms with E-state index in [1.165, 1.54) is 0 Å². The molecule has 1 aromatic carbocycles. The van der Waals surface area contributed by atoms with Gasteiger partial charge in [0.2, 0.25) is 0 Å². The van der Waals surface area contributed by atoms with Crippen LogP contribution in [0.1, 0.15) is 29.6 Å². The summed E-state index contributed by atoms with van der Waals surface area (Å²) in [5.74, 6) is 0.123. The van der Waals surface area contributed by atoms with Crippen LogP contribution in [0.25, 0.3) is 11.0 Å². The number of rotatable bonds is 5. The molecule has 0 amide bonds. The normalized spacial score (nSPS) is 10.4. The second kappa shape index (κ2) is 5.34. The molecule has 2 aromatic rings. The third-order valence-corrected chi connectivity index (χ3v) is 2.61. The number of hydrogen-bond donors (Lipinski definition) is 0. The van der Waals surface area contributed by atoms with Crippen molar-refractivity contribution in [3.05, 3.63) is 48.8 Å². The Hall–Kier alpha value is -2.03. The molecule has 0 atom stereocenters. The fraction of sp³-hybridized carbons (Fsp3) is 0.214. The average Bonchev–Trinajstić information content (AvgIpc) is 2.38. The monoisotopic (exact) mass is 226 g/mol. The van der Waals surface area contributed by atoms with Gasteiger partial charge in [-0.2, -0.15) is 0 Å². The minimum Gasteiger partial charge on any atom is -0.294 e. The SMILES string of the molecule is C=CCCCC(=O)c1cccc2nccnc12. The van der Waals surface area contributed by atoms with Gasteiger partial charge in [0, 0.05) is 24.4 Å². The molecule has 3 nitrogen and oxygen atoms in total. The first-order valence-electron chi connectivity index (χ1n) is 5.67. The summed E-state index contributed by atoms with van der Waals surface area (Å²) in [7, 11) is 0. The van der Waals surface area contributed by atoms with E-state index in [1.54, 1.807) is 12.4 Å². The maximum Gasteiger partial charge on any atom is 0.165 e. The quantitative estimate of drug-likeness (QED) is 0.447. The molecule has 0 N–H and O–H groups in total. The number of ketones is 1. The Labute approximate surface area is 100 Å². The van der Waals surface area contributed by atoms with Crippen LogP contribution >= 0.6 is 0 Å². The van der Waals surface area contributed by atoms with Gasteiger partial charge in [-0.15, -0.1) is 6.58 Å². The van der Waals surface area contributed by atoms with Crippen molar-refractivity contribution in [2.75, 3.05) is 0 Å². The molecule has 0 aliphatic heterocycles. The number of fused-ring (bicyclic) bond motifs is 1. The summed E-state index contributed by atoms with van der Waals surface area (Å²) in [6, 6.07) is 5.52. The summed E-state index contributed by atoms with van der Waals surface area (Å²) < 4.78 is 0. The summed E-state index contributed by atoms with van der Waals surface area (Å²) in [6.07, 6.45) is 7.30. The van der Waals surface area contributed by atoms with Crippen molar-refractivity contribution in [1.82, 2.24) is 9.97 Å². The van der Waals surface area contributed by atoms with E-state index in [1.807, 2.05) is 24.3 Å². The maximum atomic E-state index is 12.0. The van der Waals surface area contributed by atoms with Crippen LogP contribution in [0.4, 0.5) is 0 Å². The van der Waals surface area contributed by atoms with E-state index in [4.69, 9.17) is 0 Å². The van der Waals surface area contributed by atoms with Gasteiger partial charge in [-0.1, -0.05) is 12.1 Å². The van der Waals surface area contributed by atoms with Crippen LogP contribution in [0.5, 0.6) is 0 Å². The predicted octanol–water partition coefficient (Wildman–Crippen LogP) is 3.17. The summed E-state index contributed by atoms with van der Waals surface area (Å²) in [4.78, 5) is 20.4. The second-order valence-electron chi connectivity index (χ2n) is 3.83. The van der Waals surface area contributed by atoms with Crippen molar-refractivity contribution in [3.8, 4) is 0 Å². The lowest BCUT2D eigenvalue weighted by molar-refractivity contribution is 0.0982. The highest BCUT2D eigenvalue weighted by molar-refractivity contribution is 6.05. The van der Waals surface area contributed by atoms with Crippen LogP contribution in [0.3, 0.4) is 0 Å². The van der Waals surface area contributed by atoms with Crippen LogP contribution in [-0.2, 0) is 0 Å². The minimum absolute atomic E-state index is 0.123. The number of nitrogens with zero attached hydrogens (tertiary/aromatic N) is 2. The molecule has 0 radical (unpaired) electrons. The second-order valence-corrected chi connectivity index (χ2v) is 3.83. The van der Waals surface area contributed by atoms with Crippen molar-refractivity contribution < 1.29 is 4.79 Å². The number of hydrogen-bond acceptors (Lipinski definition) is 3. The number of carbonyl (C=O) groups is 1. The molecule has 0 aliphatic carbocycles. The summed E-state index contributed by atoms with van der Waals surface area (Å²) >= 11 is 0. The number of unbranched alkanes of at least 4 members (excludes halogenated alkanes) is 1. The van der Waals surface area contributed by atoms with Gasteiger partial charge in [0.05, 0.1) is 11.0 Å². The van der Waals surface area contributed by atoms with E-state index in [-0.39, 0.29) is 5.78 Å². The van der Waals surface area contributed by atoms with E-state index in [2.05, 4.69) is 16.5 Å². The van der Waals surface area contributed by atoms with Crippen LogP contribution in [-0.4, -0.2) is 15.8 Å². The topological polar surface area (TPSA) is 42.9 Å². The third kappa shape index (κ3) is 2.56. The van der Waals surface area contributed by atoms with Crippen molar-refractivity contribution in [3.63, 3.8) is 0 Å². The molecule has 86 valence electrons. The number of para-hydroxylation sites is 1. The van der Waals surface area contributed by atoms with Crippen LogP contribution in [0, 0.1) is 0 Å². The van der Waals surface area contributed by atoms with E-state index in [9.17, 15) is 4.79 Å². The standard InChI is InChI=1S/C14H14N2O/c1-2-3-4-8-13(17)11-6-5-7-12-14(11)16-10-9-15-12/h2,5-7,9-10H,1,3-4,8H2. The van der Waals surface area contributed by atoms with E-state index in [0.717, 1.165) is 18.4 Å². The Morgan fingerprint density at radius 2 is 2.12 bits per heavy atom. The molecule has 17 heavy (non-hydrogen) atoms. The zero-order valence-electron chi connectivity index (χ0n) is 9.60. The molecule has 0 aliphatic rings. The number of aromatic nitrogens is 2. The number of benzene rings is 1. The van der Waals surface area contributed by atoms with Gasteiger partial charge in [-0.05, 0) is 25.0 Å². The Balaban J connectivity index is 2.28. The Morgan fingerprint density at radius 3 is 2.94 bits per heavy atom. The van der Waals surface area contributed by atoms with Gasteiger partial charge in [0.15, 0.2) is 5.78 Å². The highest BCUT2D eigenvalue weighted by Gasteiger charge is 2.10.